The first-order valence-corrected chi connectivity index (χ1v) is 10.1. The van der Waals surface area contributed by atoms with Gasteiger partial charge in [-0.3, -0.25) is 0 Å². The number of aliphatic hydroxyl groups excluding tert-OH is 1. The number of fused-ring (bicyclic) bond motifs is 1. The summed E-state index contributed by atoms with van der Waals surface area (Å²) >= 11 is 6.87. The number of aromatic nitrogens is 2. The molecule has 1 aliphatic heterocycles. The zero-order valence-corrected chi connectivity index (χ0v) is 16.4. The van der Waals surface area contributed by atoms with Crippen LogP contribution in [0.5, 0.6) is 5.75 Å². The number of hydrogen-bond acceptors (Lipinski definition) is 7. The summed E-state index contributed by atoms with van der Waals surface area (Å²) in [6.45, 7) is 3.52. The van der Waals surface area contributed by atoms with Crippen LogP contribution in [0.15, 0.2) is 42.5 Å². The predicted molar refractivity (Wildman–Crippen MR) is 109 cm³/mol. The minimum Gasteiger partial charge on any atom is -0.490 e. The molecule has 0 unspecified atom stereocenters. The molecule has 1 N–H and O–H groups in total. The molecule has 2 heterocycles. The SMILES string of the molecule is O[C@H](COc1cccc2ccccc12)Cn1nc(N2CCOCC2)sc1=S. The first-order valence-electron chi connectivity index (χ1n) is 8.90. The van der Waals surface area contributed by atoms with Gasteiger partial charge in [0.1, 0.15) is 18.5 Å². The van der Waals surface area contributed by atoms with E-state index in [9.17, 15) is 5.11 Å². The molecule has 2 aromatic carbocycles. The van der Waals surface area contributed by atoms with Crippen LogP contribution in [0.1, 0.15) is 0 Å². The van der Waals surface area contributed by atoms with Crippen LogP contribution < -0.4 is 9.64 Å². The van der Waals surface area contributed by atoms with Crippen LogP contribution in [0.3, 0.4) is 0 Å². The highest BCUT2D eigenvalue weighted by molar-refractivity contribution is 7.73. The van der Waals surface area contributed by atoms with Crippen LogP contribution in [0, 0.1) is 3.95 Å². The molecule has 1 saturated heterocycles. The summed E-state index contributed by atoms with van der Waals surface area (Å²) in [5.41, 5.74) is 0. The highest BCUT2D eigenvalue weighted by atomic mass is 32.1. The molecule has 6 nitrogen and oxygen atoms in total. The van der Waals surface area contributed by atoms with Crippen LogP contribution in [-0.2, 0) is 11.3 Å². The predicted octanol–water partition coefficient (Wildman–Crippen LogP) is 3.10. The molecule has 0 radical (unpaired) electrons. The van der Waals surface area contributed by atoms with E-state index in [1.165, 1.54) is 11.3 Å². The van der Waals surface area contributed by atoms with Gasteiger partial charge >= 0.3 is 0 Å². The molecule has 4 rings (SSSR count). The Kier molecular flexibility index (Phi) is 5.68. The number of nitrogens with zero attached hydrogens (tertiary/aromatic N) is 3. The molecule has 0 saturated carbocycles. The summed E-state index contributed by atoms with van der Waals surface area (Å²) in [5, 5.41) is 18.0. The Morgan fingerprint density at radius 1 is 1.19 bits per heavy atom. The molecule has 0 spiro atoms. The molecule has 3 aromatic rings. The van der Waals surface area contributed by atoms with Crippen molar-refractivity contribution >= 4 is 39.5 Å². The van der Waals surface area contributed by atoms with Crippen molar-refractivity contribution in [2.75, 3.05) is 37.8 Å². The lowest BCUT2D eigenvalue weighted by Gasteiger charge is -2.25. The Balaban J connectivity index is 1.40. The number of anilines is 1. The topological polar surface area (TPSA) is 59.8 Å². The molecule has 1 atom stereocenters. The lowest BCUT2D eigenvalue weighted by molar-refractivity contribution is 0.0897. The van der Waals surface area contributed by atoms with E-state index in [1.807, 2.05) is 42.5 Å². The van der Waals surface area contributed by atoms with Crippen molar-refractivity contribution in [1.29, 1.82) is 0 Å². The molecule has 0 aliphatic carbocycles. The molecule has 1 aromatic heterocycles. The molecule has 27 heavy (non-hydrogen) atoms. The Morgan fingerprint density at radius 3 is 2.81 bits per heavy atom. The maximum atomic E-state index is 10.4. The summed E-state index contributed by atoms with van der Waals surface area (Å²) in [6, 6.07) is 13.9. The molecular weight excluding hydrogens is 382 g/mol. The van der Waals surface area contributed by atoms with Gasteiger partial charge in [-0.15, -0.1) is 5.10 Å². The third kappa shape index (κ3) is 4.30. The van der Waals surface area contributed by atoms with Gasteiger partial charge in [-0.25, -0.2) is 4.68 Å². The maximum absolute atomic E-state index is 10.4. The van der Waals surface area contributed by atoms with Crippen molar-refractivity contribution in [2.45, 2.75) is 12.6 Å². The van der Waals surface area contributed by atoms with Gasteiger partial charge in [-0.05, 0) is 23.7 Å². The Bertz CT molecular complexity index is 961. The van der Waals surface area contributed by atoms with E-state index in [0.29, 0.717) is 23.7 Å². The summed E-state index contributed by atoms with van der Waals surface area (Å²) < 4.78 is 13.6. The number of benzene rings is 2. The largest absolute Gasteiger partial charge is 0.490 e. The minimum atomic E-state index is -0.699. The van der Waals surface area contributed by atoms with E-state index in [1.54, 1.807) is 4.68 Å². The van der Waals surface area contributed by atoms with Gasteiger partial charge in [-0.1, -0.05) is 47.7 Å². The van der Waals surface area contributed by atoms with Gasteiger partial charge in [0.15, 0.2) is 3.95 Å². The zero-order chi connectivity index (χ0) is 18.6. The molecule has 1 fully saturated rings. The smallest absolute Gasteiger partial charge is 0.207 e. The average molecular weight is 404 g/mol. The van der Waals surface area contributed by atoms with E-state index in [-0.39, 0.29) is 6.61 Å². The third-order valence-corrected chi connectivity index (χ3v) is 5.81. The molecular formula is C19H21N3O3S2. The van der Waals surface area contributed by atoms with Crippen molar-refractivity contribution in [1.82, 2.24) is 9.78 Å². The monoisotopic (exact) mass is 403 g/mol. The standard InChI is InChI=1S/C19H21N3O3S2/c23-15(13-25-17-7-3-5-14-4-1-2-6-16(14)17)12-22-19(26)27-18(20-22)21-8-10-24-11-9-21/h1-7,15,23H,8-13H2/t15-/m0/s1. The molecule has 8 heteroatoms. The van der Waals surface area contributed by atoms with Gasteiger partial charge in [-0.2, -0.15) is 0 Å². The van der Waals surface area contributed by atoms with Crippen LogP contribution in [0.25, 0.3) is 10.8 Å². The van der Waals surface area contributed by atoms with Gasteiger partial charge in [0.2, 0.25) is 5.13 Å². The summed E-state index contributed by atoms with van der Waals surface area (Å²) in [7, 11) is 0. The van der Waals surface area contributed by atoms with Crippen LogP contribution in [-0.4, -0.2) is 53.9 Å². The lowest BCUT2D eigenvalue weighted by atomic mass is 10.1. The number of morpholine rings is 1. The van der Waals surface area contributed by atoms with E-state index in [0.717, 1.165) is 34.7 Å². The highest BCUT2D eigenvalue weighted by Gasteiger charge is 2.17. The number of rotatable bonds is 6. The fourth-order valence-corrected chi connectivity index (χ4v) is 4.22. The van der Waals surface area contributed by atoms with Gasteiger partial charge in [0, 0.05) is 18.5 Å². The average Bonchev–Trinajstić information content (AvgIpc) is 3.07. The lowest BCUT2D eigenvalue weighted by Crippen LogP contribution is -2.36. The third-order valence-electron chi connectivity index (χ3n) is 4.44. The maximum Gasteiger partial charge on any atom is 0.207 e. The van der Waals surface area contributed by atoms with Crippen LogP contribution in [0.4, 0.5) is 5.13 Å². The van der Waals surface area contributed by atoms with Gasteiger partial charge in [0.05, 0.1) is 19.8 Å². The van der Waals surface area contributed by atoms with E-state index in [4.69, 9.17) is 21.7 Å². The Hall–Kier alpha value is -2.00. The number of ether oxygens (including phenoxy) is 2. The second-order valence-electron chi connectivity index (χ2n) is 6.37. The van der Waals surface area contributed by atoms with Crippen molar-refractivity contribution < 1.29 is 14.6 Å². The first-order chi connectivity index (χ1) is 13.2. The molecule has 142 valence electrons. The van der Waals surface area contributed by atoms with Gasteiger partial charge < -0.3 is 19.5 Å². The summed E-state index contributed by atoms with van der Waals surface area (Å²) in [6.07, 6.45) is -0.699. The fourth-order valence-electron chi connectivity index (χ4n) is 3.05. The van der Waals surface area contributed by atoms with Crippen molar-refractivity contribution in [3.05, 3.63) is 46.4 Å². The normalized spacial score (nSPS) is 15.8. The van der Waals surface area contributed by atoms with Crippen LogP contribution in [0.2, 0.25) is 0 Å². The second-order valence-corrected chi connectivity index (χ2v) is 7.98. The Morgan fingerprint density at radius 2 is 1.96 bits per heavy atom. The molecule has 0 bridgehead atoms. The minimum absolute atomic E-state index is 0.181. The van der Waals surface area contributed by atoms with Gasteiger partial charge in [0.25, 0.3) is 0 Å². The molecule has 1 aliphatic rings. The fraction of sp³-hybridized carbons (Fsp3) is 0.368. The summed E-state index contributed by atoms with van der Waals surface area (Å²) in [5.74, 6) is 0.767. The van der Waals surface area contributed by atoms with Crippen molar-refractivity contribution in [2.24, 2.45) is 0 Å². The number of aliphatic hydroxyl groups is 1. The van der Waals surface area contributed by atoms with Crippen LogP contribution >= 0.6 is 23.6 Å². The van der Waals surface area contributed by atoms with E-state index < -0.39 is 6.10 Å². The molecule has 0 amide bonds. The Labute approximate surface area is 166 Å². The summed E-state index contributed by atoms with van der Waals surface area (Å²) in [4.78, 5) is 2.17. The second kappa shape index (κ2) is 8.35. The zero-order valence-electron chi connectivity index (χ0n) is 14.8. The van der Waals surface area contributed by atoms with Crippen molar-refractivity contribution in [3.8, 4) is 5.75 Å². The quantitative estimate of drug-likeness (QED) is 0.638. The van der Waals surface area contributed by atoms with E-state index >= 15 is 0 Å². The van der Waals surface area contributed by atoms with E-state index in [2.05, 4.69) is 10.00 Å². The highest BCUT2D eigenvalue weighted by Crippen LogP contribution is 2.25. The number of hydrogen-bond donors (Lipinski definition) is 1. The first kappa shape index (κ1) is 18.4. The van der Waals surface area contributed by atoms with Crippen molar-refractivity contribution in [3.63, 3.8) is 0 Å².